The van der Waals surface area contributed by atoms with E-state index in [1.165, 1.54) is 6.08 Å². The number of aryl methyl sites for hydroxylation is 2. The zero-order valence-electron chi connectivity index (χ0n) is 16.8. The number of rotatable bonds is 6. The van der Waals surface area contributed by atoms with Crippen LogP contribution in [0.2, 0.25) is 10.0 Å². The third-order valence-corrected chi connectivity index (χ3v) is 5.41. The van der Waals surface area contributed by atoms with Crippen molar-refractivity contribution >= 4 is 40.9 Å². The number of amides is 1. The van der Waals surface area contributed by atoms with Gasteiger partial charge in [-0.1, -0.05) is 29.3 Å². The van der Waals surface area contributed by atoms with Crippen LogP contribution in [0.4, 0.5) is 5.69 Å². The molecule has 0 saturated heterocycles. The first-order chi connectivity index (χ1) is 13.8. The predicted molar refractivity (Wildman–Crippen MR) is 118 cm³/mol. The summed E-state index contributed by atoms with van der Waals surface area (Å²) in [6, 6.07) is 5.38. The summed E-state index contributed by atoms with van der Waals surface area (Å²) >= 11 is 12.2. The van der Waals surface area contributed by atoms with E-state index in [2.05, 4.69) is 15.5 Å². The van der Waals surface area contributed by atoms with Crippen molar-refractivity contribution in [2.45, 2.75) is 40.8 Å². The molecule has 29 heavy (non-hydrogen) atoms. The van der Waals surface area contributed by atoms with Crippen LogP contribution in [0.3, 0.4) is 0 Å². The van der Waals surface area contributed by atoms with E-state index in [9.17, 15) is 4.79 Å². The lowest BCUT2D eigenvalue weighted by Gasteiger charge is -2.08. The van der Waals surface area contributed by atoms with Crippen molar-refractivity contribution in [3.63, 3.8) is 0 Å². The quantitative estimate of drug-likeness (QED) is 0.556. The first-order valence-electron chi connectivity index (χ1n) is 9.29. The summed E-state index contributed by atoms with van der Waals surface area (Å²) in [5.74, 6) is -0.219. The molecule has 152 valence electrons. The van der Waals surface area contributed by atoms with Gasteiger partial charge in [0.05, 0.1) is 29.8 Å². The maximum absolute atomic E-state index is 12.4. The number of carbonyl (C=O) groups excluding carboxylic acids is 1. The Balaban J connectivity index is 1.75. The third kappa shape index (κ3) is 4.71. The fourth-order valence-electron chi connectivity index (χ4n) is 3.12. The van der Waals surface area contributed by atoms with E-state index >= 15 is 0 Å². The highest BCUT2D eigenvalue weighted by atomic mass is 35.5. The van der Waals surface area contributed by atoms with Crippen molar-refractivity contribution in [1.29, 1.82) is 0 Å². The van der Waals surface area contributed by atoms with Crippen LogP contribution in [-0.4, -0.2) is 25.5 Å². The molecule has 0 spiro atoms. The molecule has 0 radical (unpaired) electrons. The van der Waals surface area contributed by atoms with Crippen LogP contribution in [0.1, 0.15) is 35.1 Å². The molecule has 8 heteroatoms. The Morgan fingerprint density at radius 2 is 1.93 bits per heavy atom. The van der Waals surface area contributed by atoms with E-state index in [0.29, 0.717) is 22.3 Å². The Labute approximate surface area is 180 Å². The maximum Gasteiger partial charge on any atom is 0.248 e. The molecule has 6 nitrogen and oxygen atoms in total. The van der Waals surface area contributed by atoms with Crippen LogP contribution in [0.25, 0.3) is 6.08 Å². The van der Waals surface area contributed by atoms with Gasteiger partial charge in [0, 0.05) is 33.9 Å². The Morgan fingerprint density at radius 3 is 2.59 bits per heavy atom. The van der Waals surface area contributed by atoms with Crippen LogP contribution in [0, 0.1) is 20.8 Å². The summed E-state index contributed by atoms with van der Waals surface area (Å²) in [6.07, 6.45) is 5.04. The number of benzene rings is 1. The normalized spacial score (nSPS) is 11.4. The fraction of sp³-hybridized carbons (Fsp3) is 0.286. The lowest BCUT2D eigenvalue weighted by molar-refractivity contribution is -0.111. The molecule has 1 amide bonds. The lowest BCUT2D eigenvalue weighted by Crippen LogP contribution is -2.10. The topological polar surface area (TPSA) is 64.7 Å². The Bertz CT molecular complexity index is 1080. The van der Waals surface area contributed by atoms with E-state index in [0.717, 1.165) is 34.8 Å². The second-order valence-electron chi connectivity index (χ2n) is 6.76. The van der Waals surface area contributed by atoms with Crippen molar-refractivity contribution in [2.75, 3.05) is 5.32 Å². The first kappa shape index (κ1) is 21.1. The largest absolute Gasteiger partial charge is 0.319 e. The molecule has 1 N–H and O–H groups in total. The molecular formula is C21H23Cl2N5O. The van der Waals surface area contributed by atoms with Gasteiger partial charge in [-0.05, 0) is 51.5 Å². The summed E-state index contributed by atoms with van der Waals surface area (Å²) < 4.78 is 3.71. The molecular weight excluding hydrogens is 409 g/mol. The summed E-state index contributed by atoms with van der Waals surface area (Å²) in [5.41, 5.74) is 5.14. The number of halogens is 2. The average Bonchev–Trinajstić information content (AvgIpc) is 3.16. The second-order valence-corrected chi connectivity index (χ2v) is 7.61. The van der Waals surface area contributed by atoms with Gasteiger partial charge in [0.2, 0.25) is 5.91 Å². The zero-order chi connectivity index (χ0) is 21.1. The summed E-state index contributed by atoms with van der Waals surface area (Å²) in [5, 5.41) is 12.9. The van der Waals surface area contributed by atoms with Crippen LogP contribution >= 0.6 is 23.2 Å². The molecule has 0 bridgehead atoms. The predicted octanol–water partition coefficient (Wildman–Crippen LogP) is 5.03. The number of hydrogen-bond donors (Lipinski definition) is 1. The van der Waals surface area contributed by atoms with Gasteiger partial charge in [0.15, 0.2) is 0 Å². The van der Waals surface area contributed by atoms with E-state index in [4.69, 9.17) is 23.2 Å². The van der Waals surface area contributed by atoms with Gasteiger partial charge in [0.25, 0.3) is 0 Å². The smallest absolute Gasteiger partial charge is 0.248 e. The summed E-state index contributed by atoms with van der Waals surface area (Å²) in [6.45, 7) is 9.07. The third-order valence-electron chi connectivity index (χ3n) is 4.82. The number of hydrogen-bond acceptors (Lipinski definition) is 3. The van der Waals surface area contributed by atoms with Crippen molar-refractivity contribution in [1.82, 2.24) is 19.6 Å². The van der Waals surface area contributed by atoms with Crippen molar-refractivity contribution in [2.24, 2.45) is 0 Å². The molecule has 2 heterocycles. The molecule has 0 aliphatic rings. The molecule has 0 fully saturated rings. The fourth-order valence-corrected chi connectivity index (χ4v) is 3.59. The van der Waals surface area contributed by atoms with E-state index in [1.807, 2.05) is 43.1 Å². The molecule has 0 atom stereocenters. The Kier molecular flexibility index (Phi) is 6.45. The number of nitrogens with zero attached hydrogens (tertiary/aromatic N) is 4. The minimum absolute atomic E-state index is 0.219. The summed E-state index contributed by atoms with van der Waals surface area (Å²) in [4.78, 5) is 12.4. The minimum Gasteiger partial charge on any atom is -0.319 e. The summed E-state index contributed by atoms with van der Waals surface area (Å²) in [7, 11) is 0. The molecule has 2 aromatic heterocycles. The van der Waals surface area contributed by atoms with Crippen molar-refractivity contribution in [3.05, 3.63) is 68.7 Å². The lowest BCUT2D eigenvalue weighted by atomic mass is 10.2. The minimum atomic E-state index is -0.219. The average molecular weight is 432 g/mol. The van der Waals surface area contributed by atoms with Gasteiger partial charge in [-0.25, -0.2) is 0 Å². The maximum atomic E-state index is 12.4. The van der Waals surface area contributed by atoms with Crippen molar-refractivity contribution in [3.8, 4) is 0 Å². The Hall–Kier alpha value is -2.57. The van der Waals surface area contributed by atoms with Crippen molar-refractivity contribution < 1.29 is 4.79 Å². The highest BCUT2D eigenvalue weighted by Gasteiger charge is 2.14. The molecule has 0 aliphatic heterocycles. The van der Waals surface area contributed by atoms with Crippen LogP contribution < -0.4 is 5.32 Å². The van der Waals surface area contributed by atoms with Crippen LogP contribution in [-0.2, 0) is 17.9 Å². The zero-order valence-corrected chi connectivity index (χ0v) is 18.3. The molecule has 3 rings (SSSR count). The first-order valence-corrected chi connectivity index (χ1v) is 10.0. The highest BCUT2D eigenvalue weighted by molar-refractivity contribution is 6.35. The molecule has 0 saturated carbocycles. The van der Waals surface area contributed by atoms with Gasteiger partial charge < -0.3 is 5.32 Å². The van der Waals surface area contributed by atoms with E-state index < -0.39 is 0 Å². The van der Waals surface area contributed by atoms with Crippen LogP contribution in [0.5, 0.6) is 0 Å². The number of aromatic nitrogens is 4. The van der Waals surface area contributed by atoms with Gasteiger partial charge in [-0.2, -0.15) is 10.2 Å². The molecule has 0 unspecified atom stereocenters. The van der Waals surface area contributed by atoms with Gasteiger partial charge in [-0.3, -0.25) is 14.2 Å². The molecule has 1 aromatic carbocycles. The second kappa shape index (κ2) is 8.84. The van der Waals surface area contributed by atoms with E-state index in [1.54, 1.807) is 24.4 Å². The standard InChI is InChI=1S/C21H23Cl2N5O/c1-5-27-14(3)16(11-24-27)7-9-20(29)25-21-13(2)26-28(15(21)4)12-17-6-8-18(22)10-19(17)23/h6-11H,5,12H2,1-4H3,(H,25,29)/b9-7+. The monoisotopic (exact) mass is 431 g/mol. The molecule has 3 aromatic rings. The SMILES string of the molecule is CCn1ncc(/C=C/C(=O)Nc2c(C)nn(Cc3ccc(Cl)cc3Cl)c2C)c1C. The van der Waals surface area contributed by atoms with Gasteiger partial charge in [-0.15, -0.1) is 0 Å². The number of carbonyl (C=O) groups is 1. The van der Waals surface area contributed by atoms with E-state index in [-0.39, 0.29) is 5.91 Å². The highest BCUT2D eigenvalue weighted by Crippen LogP contribution is 2.25. The van der Waals surface area contributed by atoms with Gasteiger partial charge >= 0.3 is 0 Å². The number of nitrogens with one attached hydrogen (secondary N) is 1. The number of anilines is 1. The Morgan fingerprint density at radius 1 is 1.17 bits per heavy atom. The van der Waals surface area contributed by atoms with Gasteiger partial charge in [0.1, 0.15) is 0 Å². The van der Waals surface area contributed by atoms with Crippen LogP contribution in [0.15, 0.2) is 30.5 Å². The molecule has 0 aliphatic carbocycles.